The van der Waals surface area contributed by atoms with Gasteiger partial charge in [0.2, 0.25) is 0 Å². The molecule has 96 valence electrons. The average molecular weight is 271 g/mol. The van der Waals surface area contributed by atoms with Crippen LogP contribution in [0.5, 0.6) is 0 Å². The van der Waals surface area contributed by atoms with Gasteiger partial charge in [-0.05, 0) is 54.8 Å². The maximum atomic E-state index is 9.32. The number of anilines is 1. The van der Waals surface area contributed by atoms with Crippen molar-refractivity contribution in [2.75, 3.05) is 5.32 Å². The van der Waals surface area contributed by atoms with Crippen molar-refractivity contribution in [3.63, 3.8) is 0 Å². The molecule has 0 aliphatic rings. The Morgan fingerprint density at radius 2 is 1.74 bits per heavy atom. The highest BCUT2D eigenvalue weighted by atomic mass is 35.5. The third-order valence-corrected chi connectivity index (χ3v) is 3.40. The SMILES string of the molecule is Cc1ccc(C(C#N)Nc2ccc(Cl)cc2)cc1C. The Kier molecular flexibility index (Phi) is 4.09. The Bertz CT molecular complexity index is 612. The van der Waals surface area contributed by atoms with E-state index in [0.29, 0.717) is 5.02 Å². The van der Waals surface area contributed by atoms with E-state index in [0.717, 1.165) is 11.3 Å². The van der Waals surface area contributed by atoms with Crippen LogP contribution in [0.4, 0.5) is 5.69 Å². The molecule has 0 aliphatic carbocycles. The van der Waals surface area contributed by atoms with Gasteiger partial charge in [-0.25, -0.2) is 0 Å². The summed E-state index contributed by atoms with van der Waals surface area (Å²) in [7, 11) is 0. The first-order chi connectivity index (χ1) is 9.10. The van der Waals surface area contributed by atoms with E-state index in [9.17, 15) is 5.26 Å². The Morgan fingerprint density at radius 1 is 1.05 bits per heavy atom. The maximum absolute atomic E-state index is 9.32. The minimum Gasteiger partial charge on any atom is -0.366 e. The second-order valence-corrected chi connectivity index (χ2v) is 4.99. The molecule has 0 fully saturated rings. The van der Waals surface area contributed by atoms with Crippen molar-refractivity contribution >= 4 is 17.3 Å². The smallest absolute Gasteiger partial charge is 0.140 e. The molecular weight excluding hydrogens is 256 g/mol. The molecule has 2 rings (SSSR count). The van der Waals surface area contributed by atoms with Gasteiger partial charge in [0.1, 0.15) is 6.04 Å². The van der Waals surface area contributed by atoms with Gasteiger partial charge in [-0.3, -0.25) is 0 Å². The zero-order valence-corrected chi connectivity index (χ0v) is 11.7. The maximum Gasteiger partial charge on any atom is 0.140 e. The van der Waals surface area contributed by atoms with Gasteiger partial charge in [0.15, 0.2) is 0 Å². The molecular formula is C16H15ClN2. The van der Waals surface area contributed by atoms with E-state index in [1.807, 2.05) is 30.3 Å². The number of halogens is 1. The molecule has 0 heterocycles. The number of nitriles is 1. The van der Waals surface area contributed by atoms with Crippen molar-refractivity contribution in [1.82, 2.24) is 0 Å². The monoisotopic (exact) mass is 270 g/mol. The number of rotatable bonds is 3. The van der Waals surface area contributed by atoms with Crippen LogP contribution in [-0.4, -0.2) is 0 Å². The molecule has 1 atom stereocenters. The Balaban J connectivity index is 2.23. The number of hydrogen-bond donors (Lipinski definition) is 1. The van der Waals surface area contributed by atoms with Crippen molar-refractivity contribution in [1.29, 1.82) is 5.26 Å². The van der Waals surface area contributed by atoms with Crippen LogP contribution >= 0.6 is 11.6 Å². The van der Waals surface area contributed by atoms with Crippen LogP contribution < -0.4 is 5.32 Å². The first kappa shape index (κ1) is 13.5. The molecule has 19 heavy (non-hydrogen) atoms. The van der Waals surface area contributed by atoms with E-state index in [4.69, 9.17) is 11.6 Å². The van der Waals surface area contributed by atoms with Gasteiger partial charge in [0.25, 0.3) is 0 Å². The Labute approximate surface area is 118 Å². The van der Waals surface area contributed by atoms with Crippen LogP contribution in [0, 0.1) is 25.2 Å². The summed E-state index contributed by atoms with van der Waals surface area (Å²) in [6.45, 7) is 4.11. The van der Waals surface area contributed by atoms with Gasteiger partial charge in [-0.15, -0.1) is 0 Å². The number of benzene rings is 2. The quantitative estimate of drug-likeness (QED) is 0.882. The summed E-state index contributed by atoms with van der Waals surface area (Å²) in [6.07, 6.45) is 0. The van der Waals surface area contributed by atoms with Crippen LogP contribution in [0.1, 0.15) is 22.7 Å². The Hall–Kier alpha value is -1.98. The molecule has 2 aromatic rings. The van der Waals surface area contributed by atoms with E-state index < -0.39 is 0 Å². The molecule has 0 amide bonds. The third-order valence-electron chi connectivity index (χ3n) is 3.15. The molecule has 1 unspecified atom stereocenters. The first-order valence-electron chi connectivity index (χ1n) is 6.09. The van der Waals surface area contributed by atoms with Crippen LogP contribution in [-0.2, 0) is 0 Å². The van der Waals surface area contributed by atoms with Gasteiger partial charge in [-0.1, -0.05) is 29.8 Å². The number of hydrogen-bond acceptors (Lipinski definition) is 2. The lowest BCUT2D eigenvalue weighted by Gasteiger charge is -2.14. The predicted molar refractivity (Wildman–Crippen MR) is 79.3 cm³/mol. The molecule has 0 aromatic heterocycles. The Morgan fingerprint density at radius 3 is 2.32 bits per heavy atom. The van der Waals surface area contributed by atoms with Crippen LogP contribution in [0.25, 0.3) is 0 Å². The first-order valence-corrected chi connectivity index (χ1v) is 6.47. The van der Waals surface area contributed by atoms with Crippen molar-refractivity contribution in [2.45, 2.75) is 19.9 Å². The lowest BCUT2D eigenvalue weighted by Crippen LogP contribution is -2.08. The van der Waals surface area contributed by atoms with Gasteiger partial charge in [0, 0.05) is 10.7 Å². The predicted octanol–water partition coefficient (Wildman–Crippen LogP) is 4.63. The number of aryl methyl sites for hydroxylation is 2. The highest BCUT2D eigenvalue weighted by Crippen LogP contribution is 2.22. The van der Waals surface area contributed by atoms with E-state index >= 15 is 0 Å². The summed E-state index contributed by atoms with van der Waals surface area (Å²) in [5, 5.41) is 13.2. The van der Waals surface area contributed by atoms with Crippen molar-refractivity contribution in [2.24, 2.45) is 0 Å². The fourth-order valence-electron chi connectivity index (χ4n) is 1.85. The highest BCUT2D eigenvalue weighted by Gasteiger charge is 2.10. The summed E-state index contributed by atoms with van der Waals surface area (Å²) >= 11 is 5.84. The van der Waals surface area contributed by atoms with Crippen molar-refractivity contribution in [3.8, 4) is 6.07 Å². The molecule has 0 bridgehead atoms. The van der Waals surface area contributed by atoms with Gasteiger partial charge < -0.3 is 5.32 Å². The third kappa shape index (κ3) is 3.27. The van der Waals surface area contributed by atoms with E-state index in [2.05, 4.69) is 25.2 Å². The molecule has 3 heteroatoms. The molecule has 1 N–H and O–H groups in total. The van der Waals surface area contributed by atoms with Crippen LogP contribution in [0.15, 0.2) is 42.5 Å². The molecule has 2 nitrogen and oxygen atoms in total. The highest BCUT2D eigenvalue weighted by molar-refractivity contribution is 6.30. The average Bonchev–Trinajstić information content (AvgIpc) is 2.41. The minimum atomic E-state index is -0.361. The fourth-order valence-corrected chi connectivity index (χ4v) is 1.97. The summed E-state index contributed by atoms with van der Waals surface area (Å²) in [5.74, 6) is 0. The number of nitrogens with zero attached hydrogens (tertiary/aromatic N) is 1. The molecule has 2 aromatic carbocycles. The second kappa shape index (κ2) is 5.77. The molecule has 0 spiro atoms. The lowest BCUT2D eigenvalue weighted by atomic mass is 10.0. The lowest BCUT2D eigenvalue weighted by molar-refractivity contribution is 0.992. The molecule has 0 aliphatic heterocycles. The molecule has 0 radical (unpaired) electrons. The van der Waals surface area contributed by atoms with Crippen LogP contribution in [0.2, 0.25) is 5.02 Å². The van der Waals surface area contributed by atoms with Crippen LogP contribution in [0.3, 0.4) is 0 Å². The van der Waals surface area contributed by atoms with Gasteiger partial charge in [-0.2, -0.15) is 5.26 Å². The summed E-state index contributed by atoms with van der Waals surface area (Å²) in [4.78, 5) is 0. The normalized spacial score (nSPS) is 11.7. The topological polar surface area (TPSA) is 35.8 Å². The summed E-state index contributed by atoms with van der Waals surface area (Å²) in [6, 6.07) is 15.3. The van der Waals surface area contributed by atoms with E-state index in [1.165, 1.54) is 11.1 Å². The number of nitrogens with one attached hydrogen (secondary N) is 1. The summed E-state index contributed by atoms with van der Waals surface area (Å²) in [5.41, 5.74) is 4.28. The van der Waals surface area contributed by atoms with Crippen molar-refractivity contribution in [3.05, 3.63) is 64.2 Å². The standard InChI is InChI=1S/C16H15ClN2/c1-11-3-4-13(9-12(11)2)16(10-18)19-15-7-5-14(17)6-8-15/h3-9,16,19H,1-2H3. The fraction of sp³-hybridized carbons (Fsp3) is 0.188. The van der Waals surface area contributed by atoms with Gasteiger partial charge >= 0.3 is 0 Å². The van der Waals surface area contributed by atoms with Crippen molar-refractivity contribution < 1.29 is 0 Å². The summed E-state index contributed by atoms with van der Waals surface area (Å²) < 4.78 is 0. The largest absolute Gasteiger partial charge is 0.366 e. The molecule has 0 saturated heterocycles. The second-order valence-electron chi connectivity index (χ2n) is 4.56. The van der Waals surface area contributed by atoms with E-state index in [-0.39, 0.29) is 6.04 Å². The van der Waals surface area contributed by atoms with E-state index in [1.54, 1.807) is 12.1 Å². The zero-order chi connectivity index (χ0) is 13.8. The zero-order valence-electron chi connectivity index (χ0n) is 10.9. The minimum absolute atomic E-state index is 0.361. The van der Waals surface area contributed by atoms with Gasteiger partial charge in [0.05, 0.1) is 6.07 Å². The molecule has 0 saturated carbocycles.